The number of fused-ring (bicyclic) bond motifs is 3. The average molecular weight is 376 g/mol. The number of aliphatic hydroxyl groups is 2. The summed E-state index contributed by atoms with van der Waals surface area (Å²) < 4.78 is 5.81. The molecule has 0 aromatic rings. The molecule has 0 radical (unpaired) electrons. The molecule has 1 spiro atoms. The highest BCUT2D eigenvalue weighted by atomic mass is 16.5. The number of rotatable bonds is 2. The van der Waals surface area contributed by atoms with E-state index in [1.165, 1.54) is 6.92 Å². The number of aliphatic hydroxyl groups excluding tert-OH is 2. The van der Waals surface area contributed by atoms with Gasteiger partial charge in [-0.1, -0.05) is 32.9 Å². The first-order chi connectivity index (χ1) is 12.5. The van der Waals surface area contributed by atoms with Crippen molar-refractivity contribution in [3.63, 3.8) is 0 Å². The van der Waals surface area contributed by atoms with Gasteiger partial charge in [-0.05, 0) is 42.9 Å². The second-order valence-corrected chi connectivity index (χ2v) is 10.3. The number of ketones is 1. The van der Waals surface area contributed by atoms with Gasteiger partial charge in [0.25, 0.3) is 0 Å². The van der Waals surface area contributed by atoms with Crippen LogP contribution in [0.1, 0.15) is 59.8 Å². The molecule has 27 heavy (non-hydrogen) atoms. The summed E-state index contributed by atoms with van der Waals surface area (Å²) in [6, 6.07) is 0. The van der Waals surface area contributed by atoms with Crippen molar-refractivity contribution in [1.82, 2.24) is 0 Å². The lowest BCUT2D eigenvalue weighted by molar-refractivity contribution is -0.218. The highest BCUT2D eigenvalue weighted by molar-refractivity contribution is 5.91. The van der Waals surface area contributed by atoms with E-state index in [0.717, 1.165) is 19.3 Å². The van der Waals surface area contributed by atoms with Crippen molar-refractivity contribution in [2.75, 3.05) is 6.61 Å². The van der Waals surface area contributed by atoms with Crippen molar-refractivity contribution < 1.29 is 24.5 Å². The zero-order valence-electron chi connectivity index (χ0n) is 16.8. The first kappa shape index (κ1) is 19.1. The third-order valence-electron chi connectivity index (χ3n) is 8.92. The Labute approximate surface area is 161 Å². The number of Topliss-reactive ketones (excluding diaryl/α,β-unsaturated/α-hetero) is 1. The fraction of sp³-hybridized carbons (Fsp3) is 0.818. The Morgan fingerprint density at radius 2 is 1.89 bits per heavy atom. The number of esters is 1. The summed E-state index contributed by atoms with van der Waals surface area (Å²) in [4.78, 5) is 25.5. The van der Waals surface area contributed by atoms with Gasteiger partial charge in [-0.2, -0.15) is 0 Å². The van der Waals surface area contributed by atoms with Crippen molar-refractivity contribution in [1.29, 1.82) is 0 Å². The van der Waals surface area contributed by atoms with E-state index in [4.69, 9.17) is 4.74 Å². The Balaban J connectivity index is 1.83. The lowest BCUT2D eigenvalue weighted by Gasteiger charge is -2.65. The zero-order valence-corrected chi connectivity index (χ0v) is 16.8. The summed E-state index contributed by atoms with van der Waals surface area (Å²) in [6.45, 7) is 7.54. The Morgan fingerprint density at radius 1 is 1.19 bits per heavy atom. The molecular formula is C22H32O5. The number of hydrogen-bond acceptors (Lipinski definition) is 5. The van der Waals surface area contributed by atoms with Gasteiger partial charge in [0.15, 0.2) is 0 Å². The molecule has 0 aliphatic heterocycles. The fourth-order valence-electron chi connectivity index (χ4n) is 7.36. The molecule has 0 aromatic carbocycles. The van der Waals surface area contributed by atoms with Gasteiger partial charge in [0.2, 0.25) is 0 Å². The third kappa shape index (κ3) is 2.19. The summed E-state index contributed by atoms with van der Waals surface area (Å²) in [5.74, 6) is -0.243. The predicted octanol–water partition coefficient (Wildman–Crippen LogP) is 2.64. The van der Waals surface area contributed by atoms with Crippen LogP contribution in [0.15, 0.2) is 12.2 Å². The molecule has 3 saturated carbocycles. The summed E-state index contributed by atoms with van der Waals surface area (Å²) in [6.07, 6.45) is 6.65. The maximum absolute atomic E-state index is 13.6. The molecule has 0 heterocycles. The molecule has 0 unspecified atom stereocenters. The third-order valence-corrected chi connectivity index (χ3v) is 8.92. The van der Waals surface area contributed by atoms with Crippen LogP contribution in [0, 0.1) is 33.5 Å². The van der Waals surface area contributed by atoms with Crippen LogP contribution in [-0.2, 0) is 14.3 Å². The monoisotopic (exact) mass is 376 g/mol. The molecule has 8 atom stereocenters. The first-order valence-corrected chi connectivity index (χ1v) is 10.2. The molecule has 0 amide bonds. The van der Waals surface area contributed by atoms with Gasteiger partial charge >= 0.3 is 5.97 Å². The minimum absolute atomic E-state index is 0.0609. The summed E-state index contributed by atoms with van der Waals surface area (Å²) in [5, 5.41) is 20.8. The van der Waals surface area contributed by atoms with Gasteiger partial charge in [0.1, 0.15) is 11.9 Å². The minimum Gasteiger partial charge on any atom is -0.460 e. The van der Waals surface area contributed by atoms with Crippen molar-refractivity contribution >= 4 is 11.8 Å². The summed E-state index contributed by atoms with van der Waals surface area (Å²) in [7, 11) is 0. The number of ether oxygens (including phenoxy) is 1. The maximum Gasteiger partial charge on any atom is 0.302 e. The van der Waals surface area contributed by atoms with Crippen LogP contribution < -0.4 is 0 Å². The van der Waals surface area contributed by atoms with Gasteiger partial charge < -0.3 is 14.9 Å². The fourth-order valence-corrected chi connectivity index (χ4v) is 7.36. The van der Waals surface area contributed by atoms with Crippen LogP contribution in [0.5, 0.6) is 0 Å². The van der Waals surface area contributed by atoms with E-state index in [2.05, 4.69) is 19.9 Å². The maximum atomic E-state index is 13.6. The second kappa shape index (κ2) is 5.66. The molecule has 150 valence electrons. The van der Waals surface area contributed by atoms with E-state index in [0.29, 0.717) is 12.8 Å². The molecule has 0 saturated heterocycles. The SMILES string of the molecule is CC(=O)O[C@@H]1[C@]23C=C[C@@]1(C)CC[C@H]2[C@]1(C)CC[C@@H](O)[C@](C)(CO)[C@H]1CC3=O. The highest BCUT2D eigenvalue weighted by Crippen LogP contribution is 2.71. The summed E-state index contributed by atoms with van der Waals surface area (Å²) >= 11 is 0. The van der Waals surface area contributed by atoms with Gasteiger partial charge in [-0.15, -0.1) is 0 Å². The molecule has 5 heteroatoms. The van der Waals surface area contributed by atoms with E-state index in [9.17, 15) is 19.8 Å². The van der Waals surface area contributed by atoms with Crippen LogP contribution in [0.25, 0.3) is 0 Å². The Kier molecular flexibility index (Phi) is 4.01. The topological polar surface area (TPSA) is 83.8 Å². The highest BCUT2D eigenvalue weighted by Gasteiger charge is 2.72. The van der Waals surface area contributed by atoms with Gasteiger partial charge in [-0.3, -0.25) is 9.59 Å². The van der Waals surface area contributed by atoms with E-state index < -0.39 is 23.0 Å². The smallest absolute Gasteiger partial charge is 0.302 e. The predicted molar refractivity (Wildman–Crippen MR) is 99.6 cm³/mol. The van der Waals surface area contributed by atoms with Crippen LogP contribution in [0.4, 0.5) is 0 Å². The average Bonchev–Trinajstić information content (AvgIpc) is 2.77. The van der Waals surface area contributed by atoms with E-state index >= 15 is 0 Å². The number of carbonyl (C=O) groups excluding carboxylic acids is 2. The molecule has 0 aromatic heterocycles. The molecule has 4 rings (SSSR count). The van der Waals surface area contributed by atoms with Crippen LogP contribution in [0.3, 0.4) is 0 Å². The minimum atomic E-state index is -0.761. The Bertz CT molecular complexity index is 715. The first-order valence-electron chi connectivity index (χ1n) is 10.2. The molecule has 3 fully saturated rings. The summed E-state index contributed by atoms with van der Waals surface area (Å²) in [5.41, 5.74) is -1.92. The zero-order chi connectivity index (χ0) is 19.8. The largest absolute Gasteiger partial charge is 0.460 e. The second-order valence-electron chi connectivity index (χ2n) is 10.3. The molecule has 2 bridgehead atoms. The van der Waals surface area contributed by atoms with Gasteiger partial charge in [0, 0.05) is 24.2 Å². The molecule has 5 nitrogen and oxygen atoms in total. The van der Waals surface area contributed by atoms with Crippen molar-refractivity contribution in [2.24, 2.45) is 33.5 Å². The molecular weight excluding hydrogens is 344 g/mol. The molecule has 2 N–H and O–H groups in total. The lowest BCUT2D eigenvalue weighted by Crippen LogP contribution is -2.67. The van der Waals surface area contributed by atoms with E-state index in [1.807, 2.05) is 13.0 Å². The van der Waals surface area contributed by atoms with E-state index in [-0.39, 0.29) is 41.0 Å². The lowest BCUT2D eigenvalue weighted by atomic mass is 9.39. The standard InChI is InChI=1S/C22H32O5/c1-13(24)27-18-19(2)7-5-14-20(3)8-6-16(25)21(4,12-23)15(20)11-17(26)22(14,18)10-9-19/h9-10,14-16,18,23,25H,5-8,11-12H2,1-4H3/t14-,15-,16+,18-,19+,20-,21+,22+/m0/s1. The normalized spacial score (nSPS) is 53.6. The van der Waals surface area contributed by atoms with Crippen molar-refractivity contribution in [3.05, 3.63) is 12.2 Å². The Hall–Kier alpha value is -1.20. The van der Waals surface area contributed by atoms with Gasteiger partial charge in [0.05, 0.1) is 18.1 Å². The van der Waals surface area contributed by atoms with Crippen LogP contribution in [0.2, 0.25) is 0 Å². The molecule has 4 aliphatic rings. The van der Waals surface area contributed by atoms with Crippen LogP contribution >= 0.6 is 0 Å². The van der Waals surface area contributed by atoms with Crippen molar-refractivity contribution in [2.45, 2.75) is 72.0 Å². The van der Waals surface area contributed by atoms with Gasteiger partial charge in [-0.25, -0.2) is 0 Å². The quantitative estimate of drug-likeness (QED) is 0.572. The molecule has 4 aliphatic carbocycles. The van der Waals surface area contributed by atoms with Crippen molar-refractivity contribution in [3.8, 4) is 0 Å². The van der Waals surface area contributed by atoms with E-state index in [1.54, 1.807) is 0 Å². The number of hydrogen-bond donors (Lipinski definition) is 2. The Morgan fingerprint density at radius 3 is 2.52 bits per heavy atom. The number of carbonyl (C=O) groups is 2. The van der Waals surface area contributed by atoms with Crippen LogP contribution in [-0.4, -0.2) is 40.8 Å².